The minimum absolute atomic E-state index is 0.0244. The quantitative estimate of drug-likeness (QED) is 0.889. The van der Waals surface area contributed by atoms with Crippen LogP contribution in [0.25, 0.3) is 0 Å². The summed E-state index contributed by atoms with van der Waals surface area (Å²) in [5.74, 6) is 0.0204. The predicted octanol–water partition coefficient (Wildman–Crippen LogP) is 2.46. The number of halogens is 3. The van der Waals surface area contributed by atoms with Crippen molar-refractivity contribution in [3.63, 3.8) is 0 Å². The molecule has 7 heteroatoms. The lowest BCUT2D eigenvalue weighted by atomic mass is 9.85. The third kappa shape index (κ3) is 3.56. The molecule has 2 rings (SSSR count). The van der Waals surface area contributed by atoms with Crippen molar-refractivity contribution in [3.8, 4) is 0 Å². The molecule has 0 spiro atoms. The van der Waals surface area contributed by atoms with Gasteiger partial charge >= 0.3 is 6.18 Å². The molecule has 1 aromatic rings. The fourth-order valence-corrected chi connectivity index (χ4v) is 2.37. The van der Waals surface area contributed by atoms with E-state index in [1.807, 2.05) is 0 Å². The smallest absolute Gasteiger partial charge is 0.396 e. The second-order valence-corrected chi connectivity index (χ2v) is 4.74. The molecule has 1 fully saturated rings. The summed E-state index contributed by atoms with van der Waals surface area (Å²) < 4.78 is 37.6. The van der Waals surface area contributed by atoms with Crippen LogP contribution in [0.2, 0.25) is 0 Å². The number of aromatic nitrogens is 2. The van der Waals surface area contributed by atoms with Gasteiger partial charge in [0, 0.05) is 24.8 Å². The van der Waals surface area contributed by atoms with Gasteiger partial charge in [0.05, 0.1) is 0 Å². The fourth-order valence-electron chi connectivity index (χ4n) is 2.37. The van der Waals surface area contributed by atoms with Gasteiger partial charge in [-0.15, -0.1) is 0 Å². The van der Waals surface area contributed by atoms with Gasteiger partial charge in [-0.05, 0) is 18.9 Å². The van der Waals surface area contributed by atoms with Crippen LogP contribution in [0, 0.1) is 5.92 Å². The van der Waals surface area contributed by atoms with Gasteiger partial charge in [-0.3, -0.25) is 0 Å². The van der Waals surface area contributed by atoms with Crippen LogP contribution in [0.1, 0.15) is 31.4 Å². The Kier molecular flexibility index (Phi) is 4.24. The third-order valence-corrected chi connectivity index (χ3v) is 3.40. The lowest BCUT2D eigenvalue weighted by Crippen LogP contribution is -2.35. The summed E-state index contributed by atoms with van der Waals surface area (Å²) in [6.07, 6.45) is 0.329. The lowest BCUT2D eigenvalue weighted by molar-refractivity contribution is -0.141. The minimum Gasteiger partial charge on any atom is -0.396 e. The molecule has 2 atom stereocenters. The molecular formula is C12H16F3N3O. The first kappa shape index (κ1) is 14.0. The molecule has 1 aliphatic carbocycles. The van der Waals surface area contributed by atoms with Gasteiger partial charge < -0.3 is 10.4 Å². The molecule has 0 saturated heterocycles. The minimum atomic E-state index is -4.47. The molecule has 0 aliphatic heterocycles. The Morgan fingerprint density at radius 3 is 2.74 bits per heavy atom. The predicted molar refractivity (Wildman–Crippen MR) is 63.5 cm³/mol. The molecule has 1 aromatic heterocycles. The summed E-state index contributed by atoms with van der Waals surface area (Å²) in [6.45, 7) is 0.0244. The van der Waals surface area contributed by atoms with Crippen molar-refractivity contribution in [2.45, 2.75) is 37.9 Å². The van der Waals surface area contributed by atoms with Crippen molar-refractivity contribution in [3.05, 3.63) is 18.0 Å². The molecule has 1 saturated carbocycles. The number of hydrogen-bond acceptors (Lipinski definition) is 4. The Morgan fingerprint density at radius 1 is 1.32 bits per heavy atom. The van der Waals surface area contributed by atoms with Gasteiger partial charge in [-0.25, -0.2) is 9.97 Å². The number of anilines is 1. The number of nitrogens with one attached hydrogen (secondary N) is 1. The normalized spacial score (nSPS) is 24.2. The van der Waals surface area contributed by atoms with Crippen molar-refractivity contribution < 1.29 is 18.3 Å². The molecule has 4 nitrogen and oxygen atoms in total. The molecule has 1 aliphatic rings. The van der Waals surface area contributed by atoms with E-state index in [1.54, 1.807) is 0 Å². The van der Waals surface area contributed by atoms with Crippen LogP contribution in [0.5, 0.6) is 0 Å². The van der Waals surface area contributed by atoms with Crippen molar-refractivity contribution in [1.82, 2.24) is 9.97 Å². The van der Waals surface area contributed by atoms with Gasteiger partial charge in [-0.1, -0.05) is 12.8 Å². The highest BCUT2D eigenvalue weighted by atomic mass is 19.4. The van der Waals surface area contributed by atoms with E-state index in [9.17, 15) is 18.3 Å². The summed E-state index contributed by atoms with van der Waals surface area (Å²) in [7, 11) is 0. The molecule has 0 aromatic carbocycles. The zero-order valence-electron chi connectivity index (χ0n) is 10.3. The monoisotopic (exact) mass is 275 g/mol. The highest BCUT2D eigenvalue weighted by molar-refractivity contribution is 5.28. The van der Waals surface area contributed by atoms with Gasteiger partial charge in [-0.2, -0.15) is 13.2 Å². The maximum atomic E-state index is 12.5. The summed E-state index contributed by atoms with van der Waals surface area (Å²) in [4.78, 5) is 7.29. The Balaban J connectivity index is 2.10. The molecule has 2 N–H and O–H groups in total. The maximum Gasteiger partial charge on any atom is 0.433 e. The van der Waals surface area contributed by atoms with E-state index in [-0.39, 0.29) is 24.5 Å². The third-order valence-electron chi connectivity index (χ3n) is 3.40. The van der Waals surface area contributed by atoms with Gasteiger partial charge in [0.25, 0.3) is 0 Å². The van der Waals surface area contributed by atoms with Gasteiger partial charge in [0.15, 0.2) is 0 Å². The van der Waals surface area contributed by atoms with Crippen molar-refractivity contribution in [1.29, 1.82) is 0 Å². The van der Waals surface area contributed by atoms with Crippen molar-refractivity contribution in [2.24, 2.45) is 5.92 Å². The molecule has 106 valence electrons. The van der Waals surface area contributed by atoms with E-state index in [0.29, 0.717) is 0 Å². The Hall–Kier alpha value is -1.37. The molecule has 0 radical (unpaired) electrons. The molecule has 1 heterocycles. The SMILES string of the molecule is OC[C@H]1CCCC[C@@H]1Nc1nccc(C(F)(F)F)n1. The highest BCUT2D eigenvalue weighted by Crippen LogP contribution is 2.29. The number of aliphatic hydroxyl groups excluding tert-OH is 1. The Bertz CT molecular complexity index is 425. The van der Waals surface area contributed by atoms with Gasteiger partial charge in [0.2, 0.25) is 5.95 Å². The molecular weight excluding hydrogens is 259 g/mol. The summed E-state index contributed by atoms with van der Waals surface area (Å²) in [5.41, 5.74) is -0.957. The molecule has 0 bridgehead atoms. The van der Waals surface area contributed by atoms with Crippen LogP contribution >= 0.6 is 0 Å². The second-order valence-electron chi connectivity index (χ2n) is 4.74. The first-order valence-corrected chi connectivity index (χ1v) is 6.28. The van der Waals surface area contributed by atoms with E-state index in [1.165, 1.54) is 0 Å². The number of nitrogens with zero attached hydrogens (tertiary/aromatic N) is 2. The first-order valence-electron chi connectivity index (χ1n) is 6.28. The van der Waals surface area contributed by atoms with E-state index < -0.39 is 11.9 Å². The average molecular weight is 275 g/mol. The zero-order valence-corrected chi connectivity index (χ0v) is 10.3. The van der Waals surface area contributed by atoms with Crippen LogP contribution in [0.3, 0.4) is 0 Å². The summed E-state index contributed by atoms with van der Waals surface area (Å²) in [6, 6.07) is 0.775. The number of rotatable bonds is 3. The number of hydrogen-bond donors (Lipinski definition) is 2. The van der Waals surface area contributed by atoms with Gasteiger partial charge in [0.1, 0.15) is 5.69 Å². The van der Waals surface area contributed by atoms with Crippen molar-refractivity contribution >= 4 is 5.95 Å². The lowest BCUT2D eigenvalue weighted by Gasteiger charge is -2.30. The topological polar surface area (TPSA) is 58.0 Å². The standard InChI is InChI=1S/C12H16F3N3O/c13-12(14,15)10-5-6-16-11(18-10)17-9-4-2-1-3-8(9)7-19/h5-6,8-9,19H,1-4,7H2,(H,16,17,18)/t8-,9+/m1/s1. The van der Waals surface area contributed by atoms with Crippen LogP contribution in [-0.4, -0.2) is 27.7 Å². The summed E-state index contributed by atoms with van der Waals surface area (Å²) >= 11 is 0. The van der Waals surface area contributed by atoms with Crippen LogP contribution < -0.4 is 5.32 Å². The largest absolute Gasteiger partial charge is 0.433 e. The zero-order chi connectivity index (χ0) is 13.9. The Labute approximate surface area is 109 Å². The van der Waals surface area contributed by atoms with Crippen LogP contribution in [0.15, 0.2) is 12.3 Å². The first-order chi connectivity index (χ1) is 9.00. The van der Waals surface area contributed by atoms with E-state index in [4.69, 9.17) is 0 Å². The van der Waals surface area contributed by atoms with Crippen LogP contribution in [0.4, 0.5) is 19.1 Å². The van der Waals surface area contributed by atoms with E-state index in [2.05, 4.69) is 15.3 Å². The molecule has 0 amide bonds. The number of alkyl halides is 3. The van der Waals surface area contributed by atoms with Crippen molar-refractivity contribution in [2.75, 3.05) is 11.9 Å². The van der Waals surface area contributed by atoms with E-state index >= 15 is 0 Å². The van der Waals surface area contributed by atoms with E-state index in [0.717, 1.165) is 37.9 Å². The maximum absolute atomic E-state index is 12.5. The Morgan fingerprint density at radius 2 is 2.05 bits per heavy atom. The second kappa shape index (κ2) is 5.73. The average Bonchev–Trinajstić information content (AvgIpc) is 2.39. The fraction of sp³-hybridized carbons (Fsp3) is 0.667. The van der Waals surface area contributed by atoms with Crippen LogP contribution in [-0.2, 0) is 6.18 Å². The summed E-state index contributed by atoms with van der Waals surface area (Å²) in [5, 5.41) is 12.2. The molecule has 19 heavy (non-hydrogen) atoms. The highest BCUT2D eigenvalue weighted by Gasteiger charge is 2.33. The number of aliphatic hydroxyl groups is 1. The molecule has 0 unspecified atom stereocenters.